The van der Waals surface area contributed by atoms with Crippen molar-refractivity contribution >= 4 is 40.2 Å². The van der Waals surface area contributed by atoms with E-state index in [0.717, 1.165) is 0 Å². The number of methoxy groups -OCH3 is 1. The number of benzene rings is 2. The maximum Gasteiger partial charge on any atom is 0.262 e. The molecule has 0 radical (unpaired) electrons. The van der Waals surface area contributed by atoms with E-state index in [1.165, 1.54) is 11.7 Å². The number of halogens is 1. The van der Waals surface area contributed by atoms with Crippen LogP contribution in [0, 0.1) is 18.3 Å². The Labute approximate surface area is 183 Å². The van der Waals surface area contributed by atoms with Gasteiger partial charge in [0, 0.05) is 21.7 Å². The van der Waals surface area contributed by atoms with Crippen molar-refractivity contribution in [3.05, 3.63) is 64.3 Å². The molecular weight excluding hydrogens is 420 g/mol. The second-order valence-corrected chi connectivity index (χ2v) is 7.14. The van der Waals surface area contributed by atoms with Crippen LogP contribution in [0.2, 0.25) is 5.02 Å². The van der Waals surface area contributed by atoms with E-state index in [1.54, 1.807) is 55.5 Å². The van der Waals surface area contributed by atoms with Gasteiger partial charge in [0.05, 0.1) is 25.1 Å². The zero-order valence-electron chi connectivity index (χ0n) is 16.9. The summed E-state index contributed by atoms with van der Waals surface area (Å²) in [5.74, 6) is -0.796. The third-order valence-electron chi connectivity index (χ3n) is 4.75. The van der Waals surface area contributed by atoms with Crippen LogP contribution in [-0.2, 0) is 16.0 Å². The molecule has 0 saturated heterocycles. The summed E-state index contributed by atoms with van der Waals surface area (Å²) in [4.78, 5) is 37.1. The van der Waals surface area contributed by atoms with Crippen LogP contribution in [0.3, 0.4) is 0 Å². The summed E-state index contributed by atoms with van der Waals surface area (Å²) < 4.78 is 6.84. The van der Waals surface area contributed by atoms with Gasteiger partial charge in [0.1, 0.15) is 12.2 Å². The first-order valence-corrected chi connectivity index (χ1v) is 9.66. The SMILES string of the molecule is COc1ccc2c(c1)c(CC(=O)NNC(=O)CC#N)c(C)n2C(=O)c1ccc(Cl)cc1. The molecule has 1 aromatic heterocycles. The molecular formula is C22H19ClN4O4. The summed E-state index contributed by atoms with van der Waals surface area (Å²) in [6.07, 6.45) is -0.464. The van der Waals surface area contributed by atoms with Gasteiger partial charge in [-0.2, -0.15) is 5.26 Å². The minimum atomic E-state index is -0.616. The number of hydrazine groups is 1. The van der Waals surface area contributed by atoms with Crippen LogP contribution in [0.25, 0.3) is 10.9 Å². The molecule has 3 rings (SSSR count). The number of nitrogens with zero attached hydrogens (tertiary/aromatic N) is 2. The van der Waals surface area contributed by atoms with Gasteiger partial charge in [-0.05, 0) is 55.0 Å². The number of fused-ring (bicyclic) bond motifs is 1. The second-order valence-electron chi connectivity index (χ2n) is 6.70. The predicted octanol–water partition coefficient (Wildman–Crippen LogP) is 2.90. The maximum absolute atomic E-state index is 13.2. The molecule has 0 bridgehead atoms. The highest BCUT2D eigenvalue weighted by molar-refractivity contribution is 6.30. The molecule has 0 atom stereocenters. The average molecular weight is 439 g/mol. The molecule has 0 spiro atoms. The number of nitrogens with one attached hydrogen (secondary N) is 2. The van der Waals surface area contributed by atoms with E-state index >= 15 is 0 Å². The van der Waals surface area contributed by atoms with Crippen molar-refractivity contribution in [3.63, 3.8) is 0 Å². The van der Waals surface area contributed by atoms with Crippen LogP contribution >= 0.6 is 11.6 Å². The molecule has 0 saturated carbocycles. The number of nitriles is 1. The maximum atomic E-state index is 13.2. The molecule has 0 aliphatic carbocycles. The van der Waals surface area contributed by atoms with Gasteiger partial charge in [0.2, 0.25) is 5.91 Å². The largest absolute Gasteiger partial charge is 0.497 e. The van der Waals surface area contributed by atoms with E-state index in [4.69, 9.17) is 21.6 Å². The molecule has 2 amide bonds. The highest BCUT2D eigenvalue weighted by Crippen LogP contribution is 2.30. The van der Waals surface area contributed by atoms with Crippen LogP contribution in [0.15, 0.2) is 42.5 Å². The summed E-state index contributed by atoms with van der Waals surface area (Å²) in [7, 11) is 1.53. The Morgan fingerprint density at radius 2 is 1.77 bits per heavy atom. The van der Waals surface area contributed by atoms with Crippen LogP contribution < -0.4 is 15.6 Å². The van der Waals surface area contributed by atoms with E-state index < -0.39 is 11.8 Å². The number of aromatic nitrogens is 1. The van der Waals surface area contributed by atoms with Crippen molar-refractivity contribution in [2.24, 2.45) is 0 Å². The van der Waals surface area contributed by atoms with Crippen LogP contribution in [0.1, 0.15) is 28.0 Å². The van der Waals surface area contributed by atoms with Crippen molar-refractivity contribution in [2.45, 2.75) is 19.8 Å². The normalized spacial score (nSPS) is 10.4. The quantitative estimate of drug-likeness (QED) is 0.594. The van der Waals surface area contributed by atoms with E-state index in [2.05, 4.69) is 10.9 Å². The molecule has 158 valence electrons. The monoisotopic (exact) mass is 438 g/mol. The molecule has 2 N–H and O–H groups in total. The Balaban J connectivity index is 2.01. The van der Waals surface area contributed by atoms with Gasteiger partial charge in [-0.1, -0.05) is 11.6 Å². The van der Waals surface area contributed by atoms with Gasteiger partial charge in [0.15, 0.2) is 0 Å². The molecule has 2 aromatic carbocycles. The van der Waals surface area contributed by atoms with Gasteiger partial charge in [-0.3, -0.25) is 29.8 Å². The lowest BCUT2D eigenvalue weighted by Gasteiger charge is -2.08. The molecule has 0 aliphatic heterocycles. The number of hydrogen-bond donors (Lipinski definition) is 2. The van der Waals surface area contributed by atoms with Crippen molar-refractivity contribution in [1.29, 1.82) is 5.26 Å². The lowest BCUT2D eigenvalue weighted by Crippen LogP contribution is -2.42. The van der Waals surface area contributed by atoms with Gasteiger partial charge >= 0.3 is 0 Å². The Bertz CT molecular complexity index is 1210. The average Bonchev–Trinajstić information content (AvgIpc) is 3.03. The fourth-order valence-electron chi connectivity index (χ4n) is 3.26. The fourth-order valence-corrected chi connectivity index (χ4v) is 3.38. The van der Waals surface area contributed by atoms with Crippen LogP contribution in [-0.4, -0.2) is 29.4 Å². The minimum absolute atomic E-state index is 0.0940. The van der Waals surface area contributed by atoms with Gasteiger partial charge in [-0.15, -0.1) is 0 Å². The summed E-state index contributed by atoms with van der Waals surface area (Å²) in [5, 5.41) is 9.73. The molecule has 0 fully saturated rings. The number of amides is 2. The Kier molecular flexibility index (Phi) is 6.58. The first-order valence-electron chi connectivity index (χ1n) is 9.28. The highest BCUT2D eigenvalue weighted by atomic mass is 35.5. The number of ether oxygens (including phenoxy) is 1. The Morgan fingerprint density at radius 3 is 2.42 bits per heavy atom. The van der Waals surface area contributed by atoms with Crippen LogP contribution in [0.4, 0.5) is 0 Å². The smallest absolute Gasteiger partial charge is 0.262 e. The summed E-state index contributed by atoms with van der Waals surface area (Å²) in [6.45, 7) is 1.75. The third-order valence-corrected chi connectivity index (χ3v) is 5.01. The molecule has 9 heteroatoms. The standard InChI is InChI=1S/C22H19ClN4O4/c1-13-17(12-21(29)26-25-20(28)9-10-24)18-11-16(31-2)7-8-19(18)27(13)22(30)14-3-5-15(23)6-4-14/h3-8,11H,9,12H2,1-2H3,(H,25,28)(H,26,29). The third kappa shape index (κ3) is 4.68. The summed E-state index contributed by atoms with van der Waals surface area (Å²) in [5.41, 5.74) is 6.73. The van der Waals surface area contributed by atoms with Crippen molar-refractivity contribution < 1.29 is 19.1 Å². The lowest BCUT2D eigenvalue weighted by molar-refractivity contribution is -0.128. The molecule has 0 aliphatic rings. The highest BCUT2D eigenvalue weighted by Gasteiger charge is 2.22. The Morgan fingerprint density at radius 1 is 1.10 bits per heavy atom. The second kappa shape index (κ2) is 9.32. The summed E-state index contributed by atoms with van der Waals surface area (Å²) in [6, 6.07) is 13.5. The lowest BCUT2D eigenvalue weighted by atomic mass is 10.1. The number of carbonyl (C=O) groups is 3. The number of rotatable bonds is 5. The zero-order chi connectivity index (χ0) is 22.5. The van der Waals surface area contributed by atoms with Gasteiger partial charge in [-0.25, -0.2) is 0 Å². The van der Waals surface area contributed by atoms with E-state index in [0.29, 0.717) is 38.5 Å². The van der Waals surface area contributed by atoms with Gasteiger partial charge < -0.3 is 4.74 Å². The van der Waals surface area contributed by atoms with Crippen molar-refractivity contribution in [2.75, 3.05) is 7.11 Å². The van der Waals surface area contributed by atoms with E-state index in [-0.39, 0.29) is 18.7 Å². The van der Waals surface area contributed by atoms with E-state index in [9.17, 15) is 14.4 Å². The predicted molar refractivity (Wildman–Crippen MR) is 115 cm³/mol. The fraction of sp³-hybridized carbons (Fsp3) is 0.182. The van der Waals surface area contributed by atoms with Crippen LogP contribution in [0.5, 0.6) is 5.75 Å². The van der Waals surface area contributed by atoms with Gasteiger partial charge in [0.25, 0.3) is 11.8 Å². The minimum Gasteiger partial charge on any atom is -0.497 e. The summed E-state index contributed by atoms with van der Waals surface area (Å²) >= 11 is 5.93. The topological polar surface area (TPSA) is 113 Å². The Hall–Kier alpha value is -3.83. The molecule has 8 nitrogen and oxygen atoms in total. The zero-order valence-corrected chi connectivity index (χ0v) is 17.6. The molecule has 1 heterocycles. The number of carbonyl (C=O) groups excluding carboxylic acids is 3. The first kappa shape index (κ1) is 21.9. The van der Waals surface area contributed by atoms with Crippen molar-refractivity contribution in [1.82, 2.24) is 15.4 Å². The molecule has 3 aromatic rings. The molecule has 0 unspecified atom stereocenters. The first-order chi connectivity index (χ1) is 14.8. The van der Waals surface area contributed by atoms with Crippen molar-refractivity contribution in [3.8, 4) is 11.8 Å². The van der Waals surface area contributed by atoms with E-state index in [1.807, 2.05) is 0 Å². The molecule has 31 heavy (non-hydrogen) atoms. The number of hydrogen-bond acceptors (Lipinski definition) is 5.